The Balaban J connectivity index is 2.38. The maximum atomic E-state index is 2.44. The Bertz CT molecular complexity index is 689. The van der Waals surface area contributed by atoms with Gasteiger partial charge in [-0.3, -0.25) is 0 Å². The first kappa shape index (κ1) is 18.8. The molecule has 2 rings (SSSR count). The van der Waals surface area contributed by atoms with Gasteiger partial charge in [-0.15, -0.1) is 0 Å². The number of rotatable bonds is 2. The van der Waals surface area contributed by atoms with Gasteiger partial charge in [-0.2, -0.15) is 0 Å². The summed E-state index contributed by atoms with van der Waals surface area (Å²) in [5, 5.41) is 0. The molecule has 0 spiro atoms. The summed E-state index contributed by atoms with van der Waals surface area (Å²) in [6, 6.07) is 0. The summed E-state index contributed by atoms with van der Waals surface area (Å²) in [6.07, 6.45) is 7.94. The van der Waals surface area contributed by atoms with Crippen molar-refractivity contribution in [2.45, 2.75) is 67.3 Å². The van der Waals surface area contributed by atoms with Crippen molar-refractivity contribution in [2.75, 3.05) is 7.05 Å². The molecule has 24 heavy (non-hydrogen) atoms. The van der Waals surface area contributed by atoms with Crippen LogP contribution in [-0.2, 0) is 7.05 Å². The minimum atomic E-state index is 0.187. The van der Waals surface area contributed by atoms with Gasteiger partial charge in [0, 0.05) is 43.3 Å². The highest BCUT2D eigenvalue weighted by Gasteiger charge is 2.47. The third-order valence-electron chi connectivity index (χ3n) is 7.00. The van der Waals surface area contributed by atoms with Crippen LogP contribution in [0.1, 0.15) is 62.2 Å². The quantitative estimate of drug-likeness (QED) is 0.709. The lowest BCUT2D eigenvalue weighted by Crippen LogP contribution is -2.43. The van der Waals surface area contributed by atoms with Gasteiger partial charge in [-0.25, -0.2) is 4.57 Å². The first-order chi connectivity index (χ1) is 10.9. The lowest BCUT2D eigenvalue weighted by Gasteiger charge is -2.39. The summed E-state index contributed by atoms with van der Waals surface area (Å²) < 4.78 is 2.29. The number of aromatic nitrogens is 1. The van der Waals surface area contributed by atoms with Crippen molar-refractivity contribution in [1.82, 2.24) is 4.90 Å². The van der Waals surface area contributed by atoms with Gasteiger partial charge in [-0.1, -0.05) is 26.0 Å². The molecule has 2 heterocycles. The number of pyridine rings is 1. The van der Waals surface area contributed by atoms with Crippen LogP contribution in [0.15, 0.2) is 17.8 Å². The number of likely N-dealkylation sites (tertiary alicyclic amines) is 1. The second-order valence-corrected chi connectivity index (χ2v) is 8.59. The number of nitrogens with zero attached hydrogens (tertiary/aromatic N) is 2. The largest absolute Gasteiger partial charge is 0.372 e. The number of hydrogen-bond donors (Lipinski definition) is 0. The predicted molar refractivity (Wildman–Crippen MR) is 104 cm³/mol. The summed E-state index contributed by atoms with van der Waals surface area (Å²) in [7, 11) is 4.37. The molecule has 132 valence electrons. The molecule has 1 aromatic rings. The Morgan fingerprint density at radius 2 is 1.46 bits per heavy atom. The zero-order chi connectivity index (χ0) is 18.4. The van der Waals surface area contributed by atoms with E-state index in [1.807, 2.05) is 0 Å². The fourth-order valence-corrected chi connectivity index (χ4v) is 3.70. The van der Waals surface area contributed by atoms with Gasteiger partial charge in [0.05, 0.1) is 0 Å². The van der Waals surface area contributed by atoms with Crippen molar-refractivity contribution in [1.29, 1.82) is 0 Å². The zero-order valence-corrected chi connectivity index (χ0v) is 17.3. The molecule has 1 aliphatic heterocycles. The molecular formula is C22H35N2+. The van der Waals surface area contributed by atoms with Gasteiger partial charge in [0.15, 0.2) is 11.4 Å². The van der Waals surface area contributed by atoms with Crippen LogP contribution in [0.25, 0.3) is 6.08 Å². The highest BCUT2D eigenvalue weighted by Crippen LogP contribution is 2.48. The highest BCUT2D eigenvalue weighted by molar-refractivity contribution is 5.59. The first-order valence-electron chi connectivity index (χ1n) is 8.99. The molecule has 2 heteroatoms. The van der Waals surface area contributed by atoms with Crippen LogP contribution < -0.4 is 4.57 Å². The van der Waals surface area contributed by atoms with E-state index in [-0.39, 0.29) is 5.54 Å². The third kappa shape index (κ3) is 2.81. The van der Waals surface area contributed by atoms with E-state index in [0.717, 1.165) is 6.42 Å². The van der Waals surface area contributed by atoms with Gasteiger partial charge in [-0.05, 0) is 51.2 Å². The molecule has 0 amide bonds. The minimum absolute atomic E-state index is 0.187. The van der Waals surface area contributed by atoms with Crippen molar-refractivity contribution < 1.29 is 4.57 Å². The number of hydrogen-bond acceptors (Lipinski definition) is 1. The maximum Gasteiger partial charge on any atom is 0.181 e. The van der Waals surface area contributed by atoms with E-state index in [2.05, 4.69) is 97.2 Å². The van der Waals surface area contributed by atoms with Gasteiger partial charge in [0.1, 0.15) is 7.05 Å². The molecule has 0 aliphatic carbocycles. The van der Waals surface area contributed by atoms with Crippen LogP contribution >= 0.6 is 0 Å². The van der Waals surface area contributed by atoms with Gasteiger partial charge >= 0.3 is 0 Å². The first-order valence-corrected chi connectivity index (χ1v) is 8.99. The highest BCUT2D eigenvalue weighted by atomic mass is 15.2. The topological polar surface area (TPSA) is 7.12 Å². The summed E-state index contributed by atoms with van der Waals surface area (Å²) in [5.74, 6) is 0. The molecule has 0 radical (unpaired) electrons. The molecular weight excluding hydrogens is 292 g/mol. The lowest BCUT2D eigenvalue weighted by atomic mass is 9.75. The fourth-order valence-electron chi connectivity index (χ4n) is 3.70. The zero-order valence-electron chi connectivity index (χ0n) is 17.3. The van der Waals surface area contributed by atoms with Crippen molar-refractivity contribution in [2.24, 2.45) is 12.5 Å². The smallest absolute Gasteiger partial charge is 0.181 e. The van der Waals surface area contributed by atoms with Crippen LogP contribution in [0, 0.1) is 33.1 Å². The Kier molecular flexibility index (Phi) is 4.74. The lowest BCUT2D eigenvalue weighted by molar-refractivity contribution is -0.684. The monoisotopic (exact) mass is 327 g/mol. The van der Waals surface area contributed by atoms with Gasteiger partial charge < -0.3 is 4.90 Å². The molecule has 0 N–H and O–H groups in total. The predicted octanol–water partition coefficient (Wildman–Crippen LogP) is 4.78. The van der Waals surface area contributed by atoms with Crippen LogP contribution in [-0.4, -0.2) is 17.5 Å². The molecule has 1 saturated heterocycles. The molecule has 1 aliphatic rings. The van der Waals surface area contributed by atoms with Crippen molar-refractivity contribution in [3.63, 3.8) is 0 Å². The van der Waals surface area contributed by atoms with Crippen molar-refractivity contribution >= 4 is 6.08 Å². The van der Waals surface area contributed by atoms with Crippen LogP contribution in [0.4, 0.5) is 0 Å². The van der Waals surface area contributed by atoms with Gasteiger partial charge in [0.2, 0.25) is 0 Å². The third-order valence-corrected chi connectivity index (χ3v) is 7.00. The van der Waals surface area contributed by atoms with Gasteiger partial charge in [0.25, 0.3) is 0 Å². The summed E-state index contributed by atoms with van der Waals surface area (Å²) >= 11 is 0. The second-order valence-electron chi connectivity index (χ2n) is 8.59. The molecule has 2 nitrogen and oxygen atoms in total. The summed E-state index contributed by atoms with van der Waals surface area (Å²) in [6.45, 7) is 18.3. The average Bonchev–Trinajstić information content (AvgIpc) is 2.66. The summed E-state index contributed by atoms with van der Waals surface area (Å²) in [5.41, 5.74) is 8.68. The van der Waals surface area contributed by atoms with Crippen LogP contribution in [0.5, 0.6) is 0 Å². The normalized spacial score (nSPS) is 21.2. The Labute approximate surface area is 148 Å². The average molecular weight is 328 g/mol. The standard InChI is InChI=1S/C22H35N2/c1-15-17(3)23(9)18(4)16(2)20(15)13-11-12-19-14-21(5,6)22(7,8)24(19)10/h11-13H,14H2,1-10H3/q+1. The van der Waals surface area contributed by atoms with E-state index >= 15 is 0 Å². The Morgan fingerprint density at radius 3 is 1.88 bits per heavy atom. The fraction of sp³-hybridized carbons (Fsp3) is 0.591. The van der Waals surface area contributed by atoms with E-state index in [1.165, 1.54) is 33.8 Å². The molecule has 0 unspecified atom stereocenters. The van der Waals surface area contributed by atoms with Crippen molar-refractivity contribution in [3.05, 3.63) is 45.9 Å². The van der Waals surface area contributed by atoms with E-state index in [0.29, 0.717) is 5.41 Å². The maximum absolute atomic E-state index is 2.44. The van der Waals surface area contributed by atoms with Crippen LogP contribution in [0.2, 0.25) is 0 Å². The molecule has 0 aromatic carbocycles. The second kappa shape index (κ2) is 6.06. The minimum Gasteiger partial charge on any atom is -0.372 e. The van der Waals surface area contributed by atoms with Crippen molar-refractivity contribution in [3.8, 4) is 0 Å². The molecule has 0 saturated carbocycles. The van der Waals surface area contributed by atoms with E-state index in [4.69, 9.17) is 0 Å². The molecule has 1 fully saturated rings. The molecule has 1 aromatic heterocycles. The van der Waals surface area contributed by atoms with Crippen LogP contribution in [0.3, 0.4) is 0 Å². The SMILES string of the molecule is Cc1c(C=CC=C2CC(C)(C)C(C)(C)N2C)c(C)c(C)[n+](C)c1C. The molecule has 0 atom stereocenters. The molecule has 0 bridgehead atoms. The number of allylic oxidation sites excluding steroid dienone is 3. The Hall–Kier alpha value is -1.57. The Morgan fingerprint density at radius 1 is 0.958 bits per heavy atom. The van der Waals surface area contributed by atoms with E-state index in [9.17, 15) is 0 Å². The van der Waals surface area contributed by atoms with E-state index in [1.54, 1.807) is 0 Å². The summed E-state index contributed by atoms with van der Waals surface area (Å²) in [4.78, 5) is 2.44. The van der Waals surface area contributed by atoms with E-state index < -0.39 is 0 Å².